The lowest BCUT2D eigenvalue weighted by molar-refractivity contribution is -0.148. The third kappa shape index (κ3) is 4.36. The minimum Gasteiger partial charge on any atom is -0.385 e. The number of fused-ring (bicyclic) bond motifs is 1. The zero-order valence-corrected chi connectivity index (χ0v) is 18.9. The van der Waals surface area contributed by atoms with E-state index in [9.17, 15) is 4.79 Å². The number of carbonyl (C=O) groups is 1. The van der Waals surface area contributed by atoms with Crippen LogP contribution in [0.25, 0.3) is 0 Å². The van der Waals surface area contributed by atoms with Crippen molar-refractivity contribution in [3.8, 4) is 0 Å². The van der Waals surface area contributed by atoms with Gasteiger partial charge in [-0.25, -0.2) is 0 Å². The van der Waals surface area contributed by atoms with Gasteiger partial charge in [0.2, 0.25) is 0 Å². The predicted molar refractivity (Wildman–Crippen MR) is 119 cm³/mol. The van der Waals surface area contributed by atoms with Gasteiger partial charge in [-0.05, 0) is 43.4 Å². The first-order valence-corrected chi connectivity index (χ1v) is 11.4. The Hall–Kier alpha value is -1.63. The maximum absolute atomic E-state index is 13.3. The quantitative estimate of drug-likeness (QED) is 0.662. The molecular formula is C24H37N3O3. The summed E-state index contributed by atoms with van der Waals surface area (Å²) < 4.78 is 11.0. The van der Waals surface area contributed by atoms with Crippen LogP contribution in [0.2, 0.25) is 0 Å². The smallest absolute Gasteiger partial charge is 0.253 e. The number of anilines is 1. The van der Waals surface area contributed by atoms with Crippen LogP contribution in [-0.2, 0) is 19.7 Å². The fourth-order valence-electron chi connectivity index (χ4n) is 4.98. The normalized spacial score (nSPS) is 23.9. The summed E-state index contributed by atoms with van der Waals surface area (Å²) in [5.74, 6) is 0.134. The molecule has 1 saturated heterocycles. The number of nitrogens with one attached hydrogen (secondary N) is 1. The minimum atomic E-state index is -0.360. The molecule has 0 spiro atoms. The van der Waals surface area contributed by atoms with Crippen LogP contribution in [0.15, 0.2) is 18.2 Å². The highest BCUT2D eigenvalue weighted by molar-refractivity contribution is 5.82. The molecular weight excluding hydrogens is 378 g/mol. The average Bonchev–Trinajstić information content (AvgIpc) is 3.54. The number of rotatable bonds is 8. The molecule has 0 bridgehead atoms. The summed E-state index contributed by atoms with van der Waals surface area (Å²) >= 11 is 0. The topological polar surface area (TPSA) is 54.0 Å². The zero-order chi connectivity index (χ0) is 21.3. The summed E-state index contributed by atoms with van der Waals surface area (Å²) in [7, 11) is 1.76. The van der Waals surface area contributed by atoms with Crippen LogP contribution in [0.3, 0.4) is 0 Å². The zero-order valence-electron chi connectivity index (χ0n) is 18.9. The predicted octanol–water partition coefficient (Wildman–Crippen LogP) is 2.86. The second-order valence-corrected chi connectivity index (χ2v) is 9.64. The molecule has 0 aromatic heterocycles. The van der Waals surface area contributed by atoms with Crippen molar-refractivity contribution in [3.63, 3.8) is 0 Å². The molecule has 1 saturated carbocycles. The van der Waals surface area contributed by atoms with E-state index in [1.807, 2.05) is 0 Å². The van der Waals surface area contributed by atoms with Crippen molar-refractivity contribution in [1.29, 1.82) is 0 Å². The van der Waals surface area contributed by atoms with Gasteiger partial charge in [-0.15, -0.1) is 0 Å². The van der Waals surface area contributed by atoms with Gasteiger partial charge in [0.15, 0.2) is 0 Å². The molecule has 3 aliphatic rings. The van der Waals surface area contributed by atoms with Crippen molar-refractivity contribution in [2.45, 2.75) is 63.6 Å². The van der Waals surface area contributed by atoms with Gasteiger partial charge in [-0.1, -0.05) is 26.0 Å². The van der Waals surface area contributed by atoms with Gasteiger partial charge in [-0.2, -0.15) is 0 Å². The van der Waals surface area contributed by atoms with E-state index in [4.69, 9.17) is 9.47 Å². The first-order chi connectivity index (χ1) is 14.4. The molecule has 1 aromatic rings. The molecule has 4 rings (SSSR count). The van der Waals surface area contributed by atoms with Crippen LogP contribution in [0, 0.1) is 0 Å². The summed E-state index contributed by atoms with van der Waals surface area (Å²) in [6.07, 6.45) is 2.85. The van der Waals surface area contributed by atoms with E-state index in [-0.39, 0.29) is 23.5 Å². The number of hydrogen-bond donors (Lipinski definition) is 1. The number of nitrogens with zero attached hydrogens (tertiary/aromatic N) is 2. The minimum absolute atomic E-state index is 0.0466. The van der Waals surface area contributed by atoms with Gasteiger partial charge < -0.3 is 24.6 Å². The molecule has 2 aliphatic heterocycles. The first-order valence-electron chi connectivity index (χ1n) is 11.4. The summed E-state index contributed by atoms with van der Waals surface area (Å²) in [4.78, 5) is 17.9. The Labute approximate surface area is 180 Å². The fraction of sp³-hybridized carbons (Fsp3) is 0.708. The van der Waals surface area contributed by atoms with Crippen molar-refractivity contribution < 1.29 is 14.3 Å². The standard InChI is InChI=1S/C24H37N3O3/c1-17(27(19-7-8-19)23(28)22-15-25-10-13-30-22)18-6-9-20-21(14-18)26(11-5-12-29-4)16-24(20,2)3/h6,9,14,17,19,22,25H,5,7-8,10-13,15-16H2,1-4H3/t17-,22-/m1/s1. The second-order valence-electron chi connectivity index (χ2n) is 9.64. The Balaban J connectivity index is 1.56. The van der Waals surface area contributed by atoms with E-state index in [0.29, 0.717) is 19.2 Å². The van der Waals surface area contributed by atoms with Gasteiger partial charge in [0.05, 0.1) is 12.6 Å². The Morgan fingerprint density at radius 2 is 2.20 bits per heavy atom. The molecule has 30 heavy (non-hydrogen) atoms. The molecule has 1 amide bonds. The highest BCUT2D eigenvalue weighted by Crippen LogP contribution is 2.43. The summed E-state index contributed by atoms with van der Waals surface area (Å²) in [6.45, 7) is 11.6. The number of morpholine rings is 1. The third-order valence-corrected chi connectivity index (χ3v) is 6.75. The van der Waals surface area contributed by atoms with Crippen molar-refractivity contribution in [2.24, 2.45) is 0 Å². The lowest BCUT2D eigenvalue weighted by atomic mass is 9.86. The number of methoxy groups -OCH3 is 1. The Morgan fingerprint density at radius 1 is 1.40 bits per heavy atom. The van der Waals surface area contributed by atoms with Gasteiger partial charge in [0, 0.05) is 57.0 Å². The first kappa shape index (κ1) is 21.6. The number of amides is 1. The van der Waals surface area contributed by atoms with Crippen molar-refractivity contribution in [1.82, 2.24) is 10.2 Å². The van der Waals surface area contributed by atoms with Crippen molar-refractivity contribution in [3.05, 3.63) is 29.3 Å². The van der Waals surface area contributed by atoms with Crippen LogP contribution in [0.1, 0.15) is 57.2 Å². The van der Waals surface area contributed by atoms with E-state index in [0.717, 1.165) is 45.5 Å². The lowest BCUT2D eigenvalue weighted by Gasteiger charge is -2.34. The highest BCUT2D eigenvalue weighted by Gasteiger charge is 2.41. The summed E-state index contributed by atoms with van der Waals surface area (Å²) in [6, 6.07) is 7.23. The van der Waals surface area contributed by atoms with Crippen molar-refractivity contribution in [2.75, 3.05) is 51.4 Å². The lowest BCUT2D eigenvalue weighted by Crippen LogP contribution is -2.50. The molecule has 1 N–H and O–H groups in total. The Kier molecular flexibility index (Phi) is 6.37. The molecule has 2 heterocycles. The molecule has 166 valence electrons. The number of carbonyl (C=O) groups excluding carboxylic acids is 1. The van der Waals surface area contributed by atoms with Crippen LogP contribution in [-0.4, -0.2) is 69.5 Å². The Morgan fingerprint density at radius 3 is 2.87 bits per heavy atom. The number of hydrogen-bond acceptors (Lipinski definition) is 5. The number of benzene rings is 1. The molecule has 6 nitrogen and oxygen atoms in total. The third-order valence-electron chi connectivity index (χ3n) is 6.75. The van der Waals surface area contributed by atoms with Crippen LogP contribution < -0.4 is 10.2 Å². The molecule has 1 aromatic carbocycles. The van der Waals surface area contributed by atoms with Crippen LogP contribution >= 0.6 is 0 Å². The summed E-state index contributed by atoms with van der Waals surface area (Å²) in [5.41, 5.74) is 4.07. The van der Waals surface area contributed by atoms with Gasteiger partial charge >= 0.3 is 0 Å². The molecule has 1 aliphatic carbocycles. The maximum Gasteiger partial charge on any atom is 0.253 e. The fourth-order valence-corrected chi connectivity index (χ4v) is 4.98. The molecule has 0 radical (unpaired) electrons. The highest BCUT2D eigenvalue weighted by atomic mass is 16.5. The SMILES string of the molecule is COCCCN1CC(C)(C)c2ccc([C@@H](C)N(C(=O)[C@H]3CNCCO3)C3CC3)cc21. The molecule has 2 fully saturated rings. The molecule has 0 unspecified atom stereocenters. The van der Waals surface area contributed by atoms with Gasteiger partial charge in [0.25, 0.3) is 5.91 Å². The van der Waals surface area contributed by atoms with E-state index < -0.39 is 0 Å². The molecule has 2 atom stereocenters. The van der Waals surface area contributed by atoms with E-state index >= 15 is 0 Å². The van der Waals surface area contributed by atoms with Crippen LogP contribution in [0.5, 0.6) is 0 Å². The van der Waals surface area contributed by atoms with E-state index in [1.54, 1.807) is 7.11 Å². The van der Waals surface area contributed by atoms with Crippen LogP contribution in [0.4, 0.5) is 5.69 Å². The monoisotopic (exact) mass is 415 g/mol. The van der Waals surface area contributed by atoms with E-state index in [1.165, 1.54) is 16.8 Å². The largest absolute Gasteiger partial charge is 0.385 e. The van der Waals surface area contributed by atoms with E-state index in [2.05, 4.69) is 54.1 Å². The summed E-state index contributed by atoms with van der Waals surface area (Å²) in [5, 5.41) is 3.29. The van der Waals surface area contributed by atoms with Gasteiger partial charge in [-0.3, -0.25) is 4.79 Å². The number of ether oxygens (including phenoxy) is 2. The van der Waals surface area contributed by atoms with Gasteiger partial charge in [0.1, 0.15) is 6.10 Å². The molecule has 6 heteroatoms. The average molecular weight is 416 g/mol. The maximum atomic E-state index is 13.3. The second kappa shape index (κ2) is 8.85. The Bertz CT molecular complexity index is 756. The van der Waals surface area contributed by atoms with Crippen molar-refractivity contribution >= 4 is 11.6 Å².